The lowest BCUT2D eigenvalue weighted by Gasteiger charge is -2.17. The first kappa shape index (κ1) is 11.4. The van der Waals surface area contributed by atoms with Crippen LogP contribution in [0.2, 0.25) is 4.34 Å². The van der Waals surface area contributed by atoms with Gasteiger partial charge in [-0.3, -0.25) is 0 Å². The normalized spacial score (nSPS) is 18.4. The monoisotopic (exact) mass is 243 g/mol. The maximum Gasteiger partial charge on any atom is 0.0931 e. The van der Waals surface area contributed by atoms with E-state index in [-0.39, 0.29) is 0 Å². The molecular weight excluding hydrogens is 226 g/mol. The summed E-state index contributed by atoms with van der Waals surface area (Å²) in [5.41, 5.74) is 0.540. The molecule has 0 amide bonds. The summed E-state index contributed by atoms with van der Waals surface area (Å²) in [6, 6.07) is 4.77. The van der Waals surface area contributed by atoms with Crippen LogP contribution in [0.15, 0.2) is 12.1 Å². The van der Waals surface area contributed by atoms with E-state index in [1.165, 1.54) is 24.1 Å². The van der Waals surface area contributed by atoms with Gasteiger partial charge in [0.25, 0.3) is 0 Å². The van der Waals surface area contributed by atoms with E-state index in [0.29, 0.717) is 11.5 Å². The highest BCUT2D eigenvalue weighted by atomic mass is 35.5. The zero-order valence-corrected chi connectivity index (χ0v) is 10.9. The molecule has 0 spiro atoms. The second-order valence-electron chi connectivity index (χ2n) is 4.92. The van der Waals surface area contributed by atoms with Crippen molar-refractivity contribution in [1.29, 1.82) is 0 Å². The van der Waals surface area contributed by atoms with Crippen molar-refractivity contribution in [2.24, 2.45) is 5.41 Å². The van der Waals surface area contributed by atoms with Crippen molar-refractivity contribution in [2.75, 3.05) is 6.54 Å². The van der Waals surface area contributed by atoms with Crippen molar-refractivity contribution in [2.45, 2.75) is 39.2 Å². The topological polar surface area (TPSA) is 12.0 Å². The Morgan fingerprint density at radius 1 is 1.47 bits per heavy atom. The molecule has 1 nitrogen and oxygen atoms in total. The Morgan fingerprint density at radius 3 is 2.67 bits per heavy atom. The molecule has 0 bridgehead atoms. The predicted molar refractivity (Wildman–Crippen MR) is 67.8 cm³/mol. The number of rotatable bonds is 5. The number of thiophene rings is 1. The fourth-order valence-corrected chi connectivity index (χ4v) is 3.09. The highest BCUT2D eigenvalue weighted by molar-refractivity contribution is 7.16. The number of hydrogen-bond donors (Lipinski definition) is 1. The van der Waals surface area contributed by atoms with E-state index in [9.17, 15) is 0 Å². The van der Waals surface area contributed by atoms with Gasteiger partial charge in [-0.2, -0.15) is 0 Å². The van der Waals surface area contributed by atoms with Crippen LogP contribution < -0.4 is 5.32 Å². The quantitative estimate of drug-likeness (QED) is 0.831. The molecule has 0 atom stereocenters. The van der Waals surface area contributed by atoms with Gasteiger partial charge in [-0.1, -0.05) is 25.4 Å². The molecule has 84 valence electrons. The van der Waals surface area contributed by atoms with Crippen LogP contribution in [-0.2, 0) is 6.42 Å². The molecule has 1 aliphatic rings. The summed E-state index contributed by atoms with van der Waals surface area (Å²) in [4.78, 5) is 1.43. The SMILES string of the molecule is CC(C)NCC1(Cc2ccc(Cl)s2)CC1. The third kappa shape index (κ3) is 3.20. The van der Waals surface area contributed by atoms with E-state index in [0.717, 1.165) is 10.9 Å². The number of halogens is 1. The van der Waals surface area contributed by atoms with Crippen molar-refractivity contribution >= 4 is 22.9 Å². The molecule has 2 rings (SSSR count). The molecule has 15 heavy (non-hydrogen) atoms. The van der Waals surface area contributed by atoms with E-state index in [2.05, 4.69) is 25.2 Å². The molecule has 0 aliphatic heterocycles. The summed E-state index contributed by atoms with van der Waals surface area (Å²) >= 11 is 7.67. The van der Waals surface area contributed by atoms with E-state index in [4.69, 9.17) is 11.6 Å². The Hall–Kier alpha value is -0.0500. The van der Waals surface area contributed by atoms with Crippen LogP contribution >= 0.6 is 22.9 Å². The molecule has 1 saturated carbocycles. The largest absolute Gasteiger partial charge is 0.314 e. The smallest absolute Gasteiger partial charge is 0.0931 e. The molecule has 0 aromatic carbocycles. The second-order valence-corrected chi connectivity index (χ2v) is 6.72. The van der Waals surface area contributed by atoms with Gasteiger partial charge in [0.1, 0.15) is 0 Å². The fourth-order valence-electron chi connectivity index (χ4n) is 1.83. The van der Waals surface area contributed by atoms with Crippen molar-refractivity contribution in [3.8, 4) is 0 Å². The van der Waals surface area contributed by atoms with Crippen LogP contribution in [-0.4, -0.2) is 12.6 Å². The fraction of sp³-hybridized carbons (Fsp3) is 0.667. The zero-order valence-electron chi connectivity index (χ0n) is 9.35. The van der Waals surface area contributed by atoms with Gasteiger partial charge in [0, 0.05) is 17.5 Å². The molecule has 1 fully saturated rings. The lowest BCUT2D eigenvalue weighted by Crippen LogP contribution is -2.30. The predicted octanol–water partition coefficient (Wildman–Crippen LogP) is 3.72. The van der Waals surface area contributed by atoms with Crippen LogP contribution in [0.3, 0.4) is 0 Å². The number of hydrogen-bond acceptors (Lipinski definition) is 2. The highest BCUT2D eigenvalue weighted by Gasteiger charge is 2.42. The lowest BCUT2D eigenvalue weighted by molar-refractivity contribution is 0.432. The summed E-state index contributed by atoms with van der Waals surface area (Å²) < 4.78 is 0.914. The zero-order chi connectivity index (χ0) is 10.9. The third-order valence-electron chi connectivity index (χ3n) is 3.02. The average Bonchev–Trinajstić information content (AvgIpc) is 2.81. The van der Waals surface area contributed by atoms with Crippen LogP contribution in [0, 0.1) is 5.41 Å². The van der Waals surface area contributed by atoms with E-state index in [1.54, 1.807) is 11.3 Å². The van der Waals surface area contributed by atoms with Gasteiger partial charge in [-0.05, 0) is 36.8 Å². The van der Waals surface area contributed by atoms with Crippen LogP contribution in [0.4, 0.5) is 0 Å². The van der Waals surface area contributed by atoms with Crippen LogP contribution in [0.1, 0.15) is 31.6 Å². The minimum Gasteiger partial charge on any atom is -0.314 e. The summed E-state index contributed by atoms with van der Waals surface area (Å²) in [7, 11) is 0. The lowest BCUT2D eigenvalue weighted by atomic mass is 10.0. The van der Waals surface area contributed by atoms with Crippen molar-refractivity contribution in [3.05, 3.63) is 21.3 Å². The number of nitrogens with one attached hydrogen (secondary N) is 1. The van der Waals surface area contributed by atoms with Gasteiger partial charge in [0.15, 0.2) is 0 Å². The van der Waals surface area contributed by atoms with E-state index < -0.39 is 0 Å². The minimum absolute atomic E-state index is 0.540. The Labute approximate surface area is 101 Å². The third-order valence-corrected chi connectivity index (χ3v) is 4.25. The van der Waals surface area contributed by atoms with Gasteiger partial charge >= 0.3 is 0 Å². The van der Waals surface area contributed by atoms with Crippen LogP contribution in [0.5, 0.6) is 0 Å². The molecule has 1 heterocycles. The molecule has 1 N–H and O–H groups in total. The van der Waals surface area contributed by atoms with Crippen molar-refractivity contribution in [3.63, 3.8) is 0 Å². The Balaban J connectivity index is 1.88. The summed E-state index contributed by atoms with van der Waals surface area (Å²) in [6.07, 6.45) is 3.93. The van der Waals surface area contributed by atoms with Gasteiger partial charge in [-0.25, -0.2) is 0 Å². The molecule has 0 radical (unpaired) electrons. The Bertz CT molecular complexity index is 328. The molecule has 1 aromatic heterocycles. The molecule has 1 aromatic rings. The summed E-state index contributed by atoms with van der Waals surface area (Å²) in [5, 5.41) is 3.55. The molecule has 0 saturated heterocycles. The molecular formula is C12H18ClNS. The summed E-state index contributed by atoms with van der Waals surface area (Å²) in [5.74, 6) is 0. The molecule has 3 heteroatoms. The van der Waals surface area contributed by atoms with Crippen molar-refractivity contribution < 1.29 is 0 Å². The van der Waals surface area contributed by atoms with E-state index in [1.807, 2.05) is 6.07 Å². The first-order valence-corrected chi connectivity index (χ1v) is 6.77. The minimum atomic E-state index is 0.540. The van der Waals surface area contributed by atoms with Gasteiger partial charge in [0.2, 0.25) is 0 Å². The first-order chi connectivity index (χ1) is 7.10. The van der Waals surface area contributed by atoms with E-state index >= 15 is 0 Å². The van der Waals surface area contributed by atoms with Crippen molar-refractivity contribution in [1.82, 2.24) is 5.32 Å². The second kappa shape index (κ2) is 4.44. The Kier molecular flexibility index (Phi) is 3.39. The molecule has 1 aliphatic carbocycles. The Morgan fingerprint density at radius 2 is 2.20 bits per heavy atom. The van der Waals surface area contributed by atoms with Gasteiger partial charge in [0.05, 0.1) is 4.34 Å². The van der Waals surface area contributed by atoms with Gasteiger partial charge in [-0.15, -0.1) is 11.3 Å². The summed E-state index contributed by atoms with van der Waals surface area (Å²) in [6.45, 7) is 5.57. The highest BCUT2D eigenvalue weighted by Crippen LogP contribution is 2.48. The average molecular weight is 244 g/mol. The maximum atomic E-state index is 5.94. The maximum absolute atomic E-state index is 5.94. The molecule has 0 unspecified atom stereocenters. The van der Waals surface area contributed by atoms with Crippen LogP contribution in [0.25, 0.3) is 0 Å². The first-order valence-electron chi connectivity index (χ1n) is 5.57. The standard InChI is InChI=1S/C12H18ClNS/c1-9(2)14-8-12(5-6-12)7-10-3-4-11(13)15-10/h3-4,9,14H,5-8H2,1-2H3. The van der Waals surface area contributed by atoms with Gasteiger partial charge < -0.3 is 5.32 Å².